The molecule has 0 aliphatic carbocycles. The summed E-state index contributed by atoms with van der Waals surface area (Å²) in [6.45, 7) is 8.11. The second kappa shape index (κ2) is 8.91. The zero-order valence-corrected chi connectivity index (χ0v) is 16.4. The molecule has 5 heteroatoms. The van der Waals surface area contributed by atoms with Crippen molar-refractivity contribution in [2.75, 3.05) is 38.2 Å². The summed E-state index contributed by atoms with van der Waals surface area (Å²) in [7, 11) is 1.70. The molecular weight excluding hydrogens is 338 g/mol. The maximum Gasteiger partial charge on any atom is 0.237 e. The summed E-state index contributed by atoms with van der Waals surface area (Å²) < 4.78 is 5.47. The highest BCUT2D eigenvalue weighted by atomic mass is 16.5. The summed E-state index contributed by atoms with van der Waals surface area (Å²) in [5, 5.41) is 3.06. The van der Waals surface area contributed by atoms with Crippen LogP contribution in [0.15, 0.2) is 48.5 Å². The van der Waals surface area contributed by atoms with Gasteiger partial charge in [0.1, 0.15) is 5.75 Å². The number of carbonyl (C=O) groups excluding carboxylic acids is 1. The van der Waals surface area contributed by atoms with Crippen molar-refractivity contribution in [1.29, 1.82) is 0 Å². The molecule has 27 heavy (non-hydrogen) atoms. The standard InChI is InChI=1S/C22H29N3O2/c1-17-8-10-19(11-9-17)16-23-22(26)18(2)24-12-14-25(15-13-24)20-6-4-5-7-21(20)27-3/h4-11,18H,12-16H2,1-3H3,(H,23,26)/t18-/m0/s1. The van der Waals surface area contributed by atoms with Crippen LogP contribution in [0, 0.1) is 6.92 Å². The zero-order valence-electron chi connectivity index (χ0n) is 16.4. The van der Waals surface area contributed by atoms with Gasteiger partial charge in [-0.25, -0.2) is 0 Å². The first kappa shape index (κ1) is 19.2. The van der Waals surface area contributed by atoms with Crippen LogP contribution in [0.25, 0.3) is 0 Å². The highest BCUT2D eigenvalue weighted by molar-refractivity contribution is 5.81. The van der Waals surface area contributed by atoms with Crippen molar-refractivity contribution in [3.05, 3.63) is 59.7 Å². The lowest BCUT2D eigenvalue weighted by Crippen LogP contribution is -2.53. The molecule has 0 unspecified atom stereocenters. The van der Waals surface area contributed by atoms with Crippen molar-refractivity contribution in [2.24, 2.45) is 0 Å². The number of amides is 1. The summed E-state index contributed by atoms with van der Waals surface area (Å²) in [5.41, 5.74) is 3.48. The summed E-state index contributed by atoms with van der Waals surface area (Å²) in [6.07, 6.45) is 0. The molecule has 0 bridgehead atoms. The Morgan fingerprint density at radius 3 is 2.41 bits per heavy atom. The molecule has 1 amide bonds. The molecule has 1 aliphatic rings. The van der Waals surface area contributed by atoms with Crippen LogP contribution in [0.1, 0.15) is 18.1 Å². The van der Waals surface area contributed by atoms with E-state index in [0.29, 0.717) is 6.54 Å². The Morgan fingerprint density at radius 1 is 1.07 bits per heavy atom. The van der Waals surface area contributed by atoms with E-state index in [1.54, 1.807) is 7.11 Å². The first-order valence-electron chi connectivity index (χ1n) is 9.54. The molecule has 3 rings (SSSR count). The molecule has 0 aromatic heterocycles. The Morgan fingerprint density at radius 2 is 1.74 bits per heavy atom. The van der Waals surface area contributed by atoms with Gasteiger partial charge in [-0.15, -0.1) is 0 Å². The Labute approximate surface area is 161 Å². The third-order valence-electron chi connectivity index (χ3n) is 5.25. The van der Waals surface area contributed by atoms with Gasteiger partial charge in [-0.2, -0.15) is 0 Å². The van der Waals surface area contributed by atoms with Crippen molar-refractivity contribution in [3.63, 3.8) is 0 Å². The number of anilines is 1. The van der Waals surface area contributed by atoms with Crippen LogP contribution < -0.4 is 15.0 Å². The van der Waals surface area contributed by atoms with E-state index in [9.17, 15) is 4.79 Å². The summed E-state index contributed by atoms with van der Waals surface area (Å²) in [4.78, 5) is 17.1. The number of methoxy groups -OCH3 is 1. The van der Waals surface area contributed by atoms with Crippen molar-refractivity contribution in [1.82, 2.24) is 10.2 Å². The van der Waals surface area contributed by atoms with Gasteiger partial charge in [0, 0.05) is 32.7 Å². The SMILES string of the molecule is COc1ccccc1N1CCN([C@@H](C)C(=O)NCc2ccc(C)cc2)CC1. The minimum absolute atomic E-state index is 0.0846. The number of aryl methyl sites for hydroxylation is 1. The van der Waals surface area contributed by atoms with E-state index in [-0.39, 0.29) is 11.9 Å². The highest BCUT2D eigenvalue weighted by Crippen LogP contribution is 2.28. The number of hydrogen-bond acceptors (Lipinski definition) is 4. The van der Waals surface area contributed by atoms with Gasteiger partial charge >= 0.3 is 0 Å². The van der Waals surface area contributed by atoms with Crippen molar-refractivity contribution in [3.8, 4) is 5.75 Å². The Balaban J connectivity index is 1.51. The first-order chi connectivity index (χ1) is 13.1. The lowest BCUT2D eigenvalue weighted by molar-refractivity contribution is -0.126. The number of para-hydroxylation sites is 2. The summed E-state index contributed by atoms with van der Waals surface area (Å²) in [5.74, 6) is 0.983. The minimum Gasteiger partial charge on any atom is -0.495 e. The quantitative estimate of drug-likeness (QED) is 0.853. The van der Waals surface area contributed by atoms with E-state index in [4.69, 9.17) is 4.74 Å². The van der Waals surface area contributed by atoms with Crippen LogP contribution in [0.4, 0.5) is 5.69 Å². The molecule has 1 atom stereocenters. The molecule has 0 saturated carbocycles. The topological polar surface area (TPSA) is 44.8 Å². The number of ether oxygens (including phenoxy) is 1. The smallest absolute Gasteiger partial charge is 0.237 e. The van der Waals surface area contributed by atoms with Gasteiger partial charge in [-0.1, -0.05) is 42.0 Å². The number of nitrogens with zero attached hydrogens (tertiary/aromatic N) is 2. The van der Waals surface area contributed by atoms with Crippen molar-refractivity contribution < 1.29 is 9.53 Å². The maximum atomic E-state index is 12.5. The van der Waals surface area contributed by atoms with Crippen LogP contribution in [-0.2, 0) is 11.3 Å². The Bertz CT molecular complexity index is 752. The minimum atomic E-state index is -0.129. The zero-order chi connectivity index (χ0) is 19.2. The van der Waals surface area contributed by atoms with Gasteiger partial charge < -0.3 is 15.0 Å². The number of benzene rings is 2. The molecule has 0 spiro atoms. The highest BCUT2D eigenvalue weighted by Gasteiger charge is 2.26. The predicted molar refractivity (Wildman–Crippen MR) is 109 cm³/mol. The number of hydrogen-bond donors (Lipinski definition) is 1. The largest absolute Gasteiger partial charge is 0.495 e. The summed E-state index contributed by atoms with van der Waals surface area (Å²) >= 11 is 0. The van der Waals surface area contributed by atoms with Crippen LogP contribution in [0.5, 0.6) is 5.75 Å². The van der Waals surface area contributed by atoms with E-state index in [1.807, 2.05) is 25.1 Å². The molecule has 1 saturated heterocycles. The molecule has 1 aliphatic heterocycles. The maximum absolute atomic E-state index is 12.5. The van der Waals surface area contributed by atoms with E-state index >= 15 is 0 Å². The van der Waals surface area contributed by atoms with Gasteiger partial charge in [-0.3, -0.25) is 9.69 Å². The number of rotatable bonds is 6. The average Bonchev–Trinajstić information content (AvgIpc) is 2.72. The first-order valence-corrected chi connectivity index (χ1v) is 9.54. The van der Waals surface area contributed by atoms with Crippen LogP contribution >= 0.6 is 0 Å². The molecule has 1 heterocycles. The van der Waals surface area contributed by atoms with E-state index in [2.05, 4.69) is 52.4 Å². The molecular formula is C22H29N3O2. The molecule has 1 N–H and O–H groups in total. The molecule has 2 aromatic rings. The van der Waals surface area contributed by atoms with Crippen LogP contribution in [-0.4, -0.2) is 50.1 Å². The van der Waals surface area contributed by atoms with Crippen LogP contribution in [0.3, 0.4) is 0 Å². The third kappa shape index (κ3) is 4.80. The second-order valence-electron chi connectivity index (χ2n) is 7.07. The fraction of sp³-hybridized carbons (Fsp3) is 0.409. The fourth-order valence-electron chi connectivity index (χ4n) is 3.45. The number of nitrogens with one attached hydrogen (secondary N) is 1. The molecule has 2 aromatic carbocycles. The predicted octanol–water partition coefficient (Wildman–Crippen LogP) is 2.83. The van der Waals surface area contributed by atoms with Gasteiger partial charge in [-0.05, 0) is 31.5 Å². The summed E-state index contributed by atoms with van der Waals surface area (Å²) in [6, 6.07) is 16.2. The monoisotopic (exact) mass is 367 g/mol. The van der Waals surface area contributed by atoms with E-state index in [0.717, 1.165) is 43.2 Å². The van der Waals surface area contributed by atoms with Gasteiger partial charge in [0.2, 0.25) is 5.91 Å². The molecule has 5 nitrogen and oxygen atoms in total. The van der Waals surface area contributed by atoms with Gasteiger partial charge in [0.25, 0.3) is 0 Å². The number of carbonyl (C=O) groups is 1. The van der Waals surface area contributed by atoms with E-state index in [1.165, 1.54) is 5.56 Å². The normalized spacial score (nSPS) is 16.0. The number of piperazine rings is 1. The Hall–Kier alpha value is -2.53. The van der Waals surface area contributed by atoms with Crippen molar-refractivity contribution in [2.45, 2.75) is 26.4 Å². The molecule has 0 radical (unpaired) electrons. The molecule has 144 valence electrons. The second-order valence-corrected chi connectivity index (χ2v) is 7.07. The lowest BCUT2D eigenvalue weighted by atomic mass is 10.1. The third-order valence-corrected chi connectivity index (χ3v) is 5.25. The van der Waals surface area contributed by atoms with Gasteiger partial charge in [0.15, 0.2) is 0 Å². The van der Waals surface area contributed by atoms with Crippen molar-refractivity contribution >= 4 is 11.6 Å². The average molecular weight is 367 g/mol. The fourth-order valence-corrected chi connectivity index (χ4v) is 3.45. The Kier molecular flexibility index (Phi) is 6.35. The lowest BCUT2D eigenvalue weighted by Gasteiger charge is -2.38. The molecule has 1 fully saturated rings. The van der Waals surface area contributed by atoms with Gasteiger partial charge in [0.05, 0.1) is 18.8 Å². The van der Waals surface area contributed by atoms with E-state index < -0.39 is 0 Å². The van der Waals surface area contributed by atoms with Crippen LogP contribution in [0.2, 0.25) is 0 Å².